The third-order valence-corrected chi connectivity index (χ3v) is 4.77. The van der Waals surface area contributed by atoms with E-state index in [0.717, 1.165) is 0 Å². The number of non-ortho nitro benzene ring substituents is 1. The van der Waals surface area contributed by atoms with E-state index in [4.69, 9.17) is 9.47 Å². The van der Waals surface area contributed by atoms with E-state index in [1.165, 1.54) is 43.6 Å². The van der Waals surface area contributed by atoms with Gasteiger partial charge in [-0.15, -0.1) is 0 Å². The van der Waals surface area contributed by atoms with Crippen LogP contribution in [0.3, 0.4) is 0 Å². The number of nitrogens with zero attached hydrogens (tertiary/aromatic N) is 1. The quantitative estimate of drug-likeness (QED) is 0.200. The predicted molar refractivity (Wildman–Crippen MR) is 117 cm³/mol. The summed E-state index contributed by atoms with van der Waals surface area (Å²) in [7, 11) is 1.49. The highest BCUT2D eigenvalue weighted by Crippen LogP contribution is 2.26. The number of carbonyl (C=O) groups excluding carboxylic acids is 2. The lowest BCUT2D eigenvalue weighted by molar-refractivity contribution is -0.384. The second kappa shape index (κ2) is 8.60. The van der Waals surface area contributed by atoms with Crippen molar-refractivity contribution in [1.29, 1.82) is 0 Å². The molecule has 1 aromatic heterocycles. The molecule has 0 aliphatic heterocycles. The average Bonchev–Trinajstić information content (AvgIpc) is 3.23. The highest BCUT2D eigenvalue weighted by molar-refractivity contribution is 6.06. The van der Waals surface area contributed by atoms with E-state index in [1.54, 1.807) is 36.4 Å². The van der Waals surface area contributed by atoms with Gasteiger partial charge in [0, 0.05) is 34.9 Å². The molecule has 1 heterocycles. The van der Waals surface area contributed by atoms with E-state index >= 15 is 0 Å². The van der Waals surface area contributed by atoms with Gasteiger partial charge in [-0.2, -0.15) is 0 Å². The van der Waals surface area contributed by atoms with Crippen molar-refractivity contribution in [3.05, 3.63) is 94.2 Å². The molecule has 0 saturated heterocycles. The minimum absolute atomic E-state index is 0.124. The Labute approximate surface area is 181 Å². The fourth-order valence-corrected chi connectivity index (χ4v) is 3.19. The van der Waals surface area contributed by atoms with Crippen LogP contribution in [-0.4, -0.2) is 28.9 Å². The first-order valence-electron chi connectivity index (χ1n) is 9.48. The number of aromatic amines is 1. The highest BCUT2D eigenvalue weighted by Gasteiger charge is 2.17. The summed E-state index contributed by atoms with van der Waals surface area (Å²) in [4.78, 5) is 38.5. The number of para-hydroxylation sites is 1. The SMILES string of the molecule is COc1ccccc1C(=O)Nc1ccc(OC(=O)c2c[nH]c3ccc([N+](=O)[O-])cc23)cc1. The molecular formula is C23H17N3O6. The van der Waals surface area contributed by atoms with Crippen LogP contribution in [0, 0.1) is 10.1 Å². The number of methoxy groups -OCH3 is 1. The lowest BCUT2D eigenvalue weighted by Crippen LogP contribution is -2.13. The number of nitro groups is 1. The zero-order valence-electron chi connectivity index (χ0n) is 16.8. The number of aromatic nitrogens is 1. The number of rotatable bonds is 6. The van der Waals surface area contributed by atoms with E-state index < -0.39 is 10.9 Å². The number of ether oxygens (including phenoxy) is 2. The molecule has 32 heavy (non-hydrogen) atoms. The summed E-state index contributed by atoms with van der Waals surface area (Å²) in [6.45, 7) is 0. The molecule has 9 nitrogen and oxygen atoms in total. The van der Waals surface area contributed by atoms with Crippen molar-refractivity contribution in [3.8, 4) is 11.5 Å². The van der Waals surface area contributed by atoms with Crippen LogP contribution in [0.15, 0.2) is 72.9 Å². The summed E-state index contributed by atoms with van der Waals surface area (Å²) in [5.74, 6) is -0.297. The van der Waals surface area contributed by atoms with Crippen molar-refractivity contribution in [1.82, 2.24) is 4.98 Å². The summed E-state index contributed by atoms with van der Waals surface area (Å²) in [6, 6.07) is 17.3. The Morgan fingerprint density at radius 3 is 2.47 bits per heavy atom. The van der Waals surface area contributed by atoms with Crippen LogP contribution in [0.1, 0.15) is 20.7 Å². The number of esters is 1. The first-order valence-corrected chi connectivity index (χ1v) is 9.48. The number of fused-ring (bicyclic) bond motifs is 1. The first-order chi connectivity index (χ1) is 15.5. The Balaban J connectivity index is 1.47. The Morgan fingerprint density at radius 1 is 1.00 bits per heavy atom. The molecule has 0 bridgehead atoms. The summed E-state index contributed by atoms with van der Waals surface area (Å²) in [5, 5.41) is 14.2. The van der Waals surface area contributed by atoms with Crippen LogP contribution < -0.4 is 14.8 Å². The summed E-state index contributed by atoms with van der Waals surface area (Å²) < 4.78 is 10.6. The van der Waals surface area contributed by atoms with Crippen LogP contribution in [-0.2, 0) is 0 Å². The lowest BCUT2D eigenvalue weighted by atomic mass is 10.1. The molecule has 4 aromatic rings. The minimum Gasteiger partial charge on any atom is -0.496 e. The maximum atomic E-state index is 12.6. The molecule has 4 rings (SSSR count). The summed E-state index contributed by atoms with van der Waals surface area (Å²) >= 11 is 0. The number of carbonyl (C=O) groups is 2. The number of anilines is 1. The topological polar surface area (TPSA) is 124 Å². The Morgan fingerprint density at radius 2 is 1.75 bits per heavy atom. The maximum Gasteiger partial charge on any atom is 0.345 e. The Bertz CT molecular complexity index is 1330. The van der Waals surface area contributed by atoms with Crippen LogP contribution in [0.25, 0.3) is 10.9 Å². The van der Waals surface area contributed by atoms with E-state index in [1.807, 2.05) is 0 Å². The largest absolute Gasteiger partial charge is 0.496 e. The maximum absolute atomic E-state index is 12.6. The molecule has 160 valence electrons. The molecule has 0 unspecified atom stereocenters. The monoisotopic (exact) mass is 431 g/mol. The normalized spacial score (nSPS) is 10.5. The number of hydrogen-bond donors (Lipinski definition) is 2. The van der Waals surface area contributed by atoms with E-state index in [9.17, 15) is 19.7 Å². The van der Waals surface area contributed by atoms with Gasteiger partial charge < -0.3 is 19.8 Å². The Kier molecular flexibility index (Phi) is 5.54. The van der Waals surface area contributed by atoms with Gasteiger partial charge in [-0.1, -0.05) is 12.1 Å². The second-order valence-electron chi connectivity index (χ2n) is 6.76. The van der Waals surface area contributed by atoms with E-state index in [2.05, 4.69) is 10.3 Å². The molecule has 0 radical (unpaired) electrons. The fraction of sp³-hybridized carbons (Fsp3) is 0.0435. The minimum atomic E-state index is -0.664. The fourth-order valence-electron chi connectivity index (χ4n) is 3.19. The highest BCUT2D eigenvalue weighted by atomic mass is 16.6. The number of amides is 1. The van der Waals surface area contributed by atoms with Crippen molar-refractivity contribution in [2.75, 3.05) is 12.4 Å². The lowest BCUT2D eigenvalue weighted by Gasteiger charge is -2.10. The molecule has 0 fully saturated rings. The molecule has 0 saturated carbocycles. The number of hydrogen-bond acceptors (Lipinski definition) is 6. The van der Waals surface area contributed by atoms with Crippen molar-refractivity contribution in [2.24, 2.45) is 0 Å². The standard InChI is InChI=1S/C23H17N3O6/c1-31-21-5-3-2-4-17(21)22(27)25-14-6-9-16(10-7-14)32-23(28)19-13-24-20-11-8-15(26(29)30)12-18(19)20/h2-13,24H,1H3,(H,25,27). The molecular weight excluding hydrogens is 414 g/mol. The van der Waals surface area contributed by atoms with E-state index in [0.29, 0.717) is 27.9 Å². The van der Waals surface area contributed by atoms with Crippen LogP contribution in [0.5, 0.6) is 11.5 Å². The van der Waals surface area contributed by atoms with E-state index in [-0.39, 0.29) is 22.9 Å². The third-order valence-electron chi connectivity index (χ3n) is 4.77. The van der Waals surface area contributed by atoms with Gasteiger partial charge in [0.25, 0.3) is 11.6 Å². The summed E-state index contributed by atoms with van der Waals surface area (Å²) in [6.07, 6.45) is 1.44. The van der Waals surface area contributed by atoms with Crippen molar-refractivity contribution < 1.29 is 24.0 Å². The van der Waals surface area contributed by atoms with Gasteiger partial charge in [-0.3, -0.25) is 14.9 Å². The zero-order chi connectivity index (χ0) is 22.7. The van der Waals surface area contributed by atoms with Gasteiger partial charge in [0.1, 0.15) is 11.5 Å². The molecule has 0 aliphatic rings. The smallest absolute Gasteiger partial charge is 0.345 e. The molecule has 0 atom stereocenters. The molecule has 0 aliphatic carbocycles. The first kappa shape index (κ1) is 20.6. The molecule has 1 amide bonds. The predicted octanol–water partition coefficient (Wildman–Crippen LogP) is 4.56. The van der Waals surface area contributed by atoms with Crippen molar-refractivity contribution in [2.45, 2.75) is 0 Å². The van der Waals surface area contributed by atoms with Crippen LogP contribution in [0.4, 0.5) is 11.4 Å². The van der Waals surface area contributed by atoms with Crippen molar-refractivity contribution >= 4 is 34.2 Å². The number of H-pyrrole nitrogens is 1. The number of nitrogens with one attached hydrogen (secondary N) is 2. The molecule has 0 spiro atoms. The number of benzene rings is 3. The number of nitro benzene ring substituents is 1. The van der Waals surface area contributed by atoms with Crippen molar-refractivity contribution in [3.63, 3.8) is 0 Å². The van der Waals surface area contributed by atoms with Gasteiger partial charge in [0.05, 0.1) is 23.2 Å². The van der Waals surface area contributed by atoms with Gasteiger partial charge in [-0.05, 0) is 42.5 Å². The van der Waals surface area contributed by atoms with Crippen LogP contribution >= 0.6 is 0 Å². The summed E-state index contributed by atoms with van der Waals surface area (Å²) in [5.41, 5.74) is 1.53. The van der Waals surface area contributed by atoms with Gasteiger partial charge in [0.15, 0.2) is 0 Å². The van der Waals surface area contributed by atoms with Gasteiger partial charge >= 0.3 is 5.97 Å². The van der Waals surface area contributed by atoms with Gasteiger partial charge in [-0.25, -0.2) is 4.79 Å². The molecule has 3 aromatic carbocycles. The van der Waals surface area contributed by atoms with Gasteiger partial charge in [0.2, 0.25) is 0 Å². The zero-order valence-corrected chi connectivity index (χ0v) is 16.8. The third kappa shape index (κ3) is 4.12. The molecule has 9 heteroatoms. The Hall–Kier alpha value is -4.66. The average molecular weight is 431 g/mol. The van der Waals surface area contributed by atoms with Crippen LogP contribution in [0.2, 0.25) is 0 Å². The molecule has 2 N–H and O–H groups in total. The second-order valence-corrected chi connectivity index (χ2v) is 6.76.